The highest BCUT2D eigenvalue weighted by molar-refractivity contribution is 7.19. The third-order valence-corrected chi connectivity index (χ3v) is 6.38. The Hall–Kier alpha value is -2.47. The Morgan fingerprint density at radius 1 is 1.32 bits per heavy atom. The number of hydrogen-bond donors (Lipinski definition) is 1. The first-order chi connectivity index (χ1) is 13.5. The lowest BCUT2D eigenvalue weighted by molar-refractivity contribution is -0.125. The van der Waals surface area contributed by atoms with Gasteiger partial charge in [0, 0.05) is 34.2 Å². The predicted molar refractivity (Wildman–Crippen MR) is 112 cm³/mol. The molecule has 2 unspecified atom stereocenters. The summed E-state index contributed by atoms with van der Waals surface area (Å²) in [4.78, 5) is 21.0. The monoisotopic (exact) mass is 397 g/mol. The lowest BCUT2D eigenvalue weighted by atomic mass is 9.96. The van der Waals surface area contributed by atoms with Crippen molar-refractivity contribution >= 4 is 33.1 Å². The zero-order valence-corrected chi connectivity index (χ0v) is 16.9. The van der Waals surface area contributed by atoms with Crippen LogP contribution in [0, 0.1) is 18.7 Å². The molecule has 6 heteroatoms. The second kappa shape index (κ2) is 7.87. The standard InChI is InChI=1S/C22H24FN3OS/c1-14-12-19-20(28-14)9-10-24-21(19)26-11-3-4-17(13-26)22(27)25-15(2)16-5-7-18(23)8-6-16/h5-10,12,15,17H,3-4,11,13H2,1-2H3,(H,25,27). The number of fused-ring (bicyclic) bond motifs is 1. The van der Waals surface area contributed by atoms with Gasteiger partial charge in [-0.2, -0.15) is 0 Å². The minimum atomic E-state index is -0.268. The minimum absolute atomic E-state index is 0.0511. The van der Waals surface area contributed by atoms with E-state index in [0.29, 0.717) is 6.54 Å². The first kappa shape index (κ1) is 18.9. The zero-order valence-electron chi connectivity index (χ0n) is 16.1. The largest absolute Gasteiger partial charge is 0.355 e. The van der Waals surface area contributed by atoms with Gasteiger partial charge in [0.25, 0.3) is 0 Å². The third-order valence-electron chi connectivity index (χ3n) is 5.37. The van der Waals surface area contributed by atoms with Crippen molar-refractivity contribution in [1.82, 2.24) is 10.3 Å². The van der Waals surface area contributed by atoms with E-state index in [1.54, 1.807) is 23.5 Å². The van der Waals surface area contributed by atoms with Gasteiger partial charge in [-0.25, -0.2) is 9.37 Å². The first-order valence-electron chi connectivity index (χ1n) is 9.67. The third kappa shape index (κ3) is 3.87. The van der Waals surface area contributed by atoms with Crippen molar-refractivity contribution in [2.75, 3.05) is 18.0 Å². The lowest BCUT2D eigenvalue weighted by Gasteiger charge is -2.33. The number of amides is 1. The molecule has 4 rings (SSSR count). The van der Waals surface area contributed by atoms with Crippen LogP contribution in [0.15, 0.2) is 42.6 Å². The Morgan fingerprint density at radius 3 is 2.89 bits per heavy atom. The van der Waals surface area contributed by atoms with Crippen LogP contribution in [0.25, 0.3) is 10.1 Å². The number of nitrogens with one attached hydrogen (secondary N) is 1. The summed E-state index contributed by atoms with van der Waals surface area (Å²) in [5.74, 6) is 0.685. The summed E-state index contributed by atoms with van der Waals surface area (Å²) in [6.07, 6.45) is 3.69. The van der Waals surface area contributed by atoms with Gasteiger partial charge in [-0.3, -0.25) is 4.79 Å². The quantitative estimate of drug-likeness (QED) is 0.685. The highest BCUT2D eigenvalue weighted by Gasteiger charge is 2.28. The van der Waals surface area contributed by atoms with Gasteiger partial charge < -0.3 is 10.2 Å². The molecule has 1 N–H and O–H groups in total. The van der Waals surface area contributed by atoms with Crippen LogP contribution < -0.4 is 10.2 Å². The van der Waals surface area contributed by atoms with E-state index in [1.807, 2.05) is 13.1 Å². The summed E-state index contributed by atoms with van der Waals surface area (Å²) in [7, 11) is 0. The maximum Gasteiger partial charge on any atom is 0.225 e. The van der Waals surface area contributed by atoms with E-state index in [1.165, 1.54) is 27.1 Å². The molecule has 1 aliphatic heterocycles. The molecule has 4 nitrogen and oxygen atoms in total. The Morgan fingerprint density at radius 2 is 2.11 bits per heavy atom. The Bertz CT molecular complexity index is 985. The van der Waals surface area contributed by atoms with Crippen LogP contribution in [0.3, 0.4) is 0 Å². The fraction of sp³-hybridized carbons (Fsp3) is 0.364. The molecule has 1 aliphatic rings. The van der Waals surface area contributed by atoms with Gasteiger partial charge in [-0.1, -0.05) is 12.1 Å². The van der Waals surface area contributed by atoms with Crippen molar-refractivity contribution < 1.29 is 9.18 Å². The Balaban J connectivity index is 1.47. The second-order valence-electron chi connectivity index (χ2n) is 7.47. The molecule has 1 amide bonds. The Kier molecular flexibility index (Phi) is 5.31. The number of piperidine rings is 1. The summed E-state index contributed by atoms with van der Waals surface area (Å²) in [6, 6.07) is 10.4. The second-order valence-corrected chi connectivity index (χ2v) is 8.76. The Labute approximate surface area is 168 Å². The van der Waals surface area contributed by atoms with E-state index < -0.39 is 0 Å². The number of nitrogens with zero attached hydrogens (tertiary/aromatic N) is 2. The average molecular weight is 398 g/mol. The number of halogens is 1. The van der Waals surface area contributed by atoms with E-state index in [-0.39, 0.29) is 23.7 Å². The van der Waals surface area contributed by atoms with E-state index in [0.717, 1.165) is 30.8 Å². The zero-order chi connectivity index (χ0) is 19.7. The number of hydrogen-bond acceptors (Lipinski definition) is 4. The maximum atomic E-state index is 13.1. The fourth-order valence-corrected chi connectivity index (χ4v) is 4.79. The van der Waals surface area contributed by atoms with Crippen molar-refractivity contribution in [3.8, 4) is 0 Å². The highest BCUT2D eigenvalue weighted by atomic mass is 32.1. The molecule has 0 spiro atoms. The molecule has 1 fully saturated rings. The van der Waals surface area contributed by atoms with Gasteiger partial charge in [0.2, 0.25) is 5.91 Å². The molecule has 3 aromatic rings. The fourth-order valence-electron chi connectivity index (χ4n) is 3.88. The van der Waals surface area contributed by atoms with Gasteiger partial charge in [-0.05, 0) is 56.5 Å². The van der Waals surface area contributed by atoms with Gasteiger partial charge in [0.05, 0.1) is 12.0 Å². The van der Waals surface area contributed by atoms with Crippen molar-refractivity contribution in [2.24, 2.45) is 5.92 Å². The summed E-state index contributed by atoms with van der Waals surface area (Å²) >= 11 is 1.77. The SMILES string of the molecule is Cc1cc2c(N3CCCC(C(=O)NC(C)c4ccc(F)cc4)C3)nccc2s1. The van der Waals surface area contributed by atoms with Crippen molar-refractivity contribution in [3.05, 3.63) is 58.9 Å². The van der Waals surface area contributed by atoms with Crippen molar-refractivity contribution in [3.63, 3.8) is 0 Å². The number of carbonyl (C=O) groups excluding carboxylic acids is 1. The number of rotatable bonds is 4. The molecular formula is C22H24FN3OS. The maximum absolute atomic E-state index is 13.1. The molecule has 0 saturated carbocycles. The smallest absolute Gasteiger partial charge is 0.225 e. The topological polar surface area (TPSA) is 45.2 Å². The number of carbonyl (C=O) groups is 1. The van der Waals surface area contributed by atoms with Crippen LogP contribution in [-0.2, 0) is 4.79 Å². The van der Waals surface area contributed by atoms with Crippen LogP contribution in [0.1, 0.15) is 36.2 Å². The van der Waals surface area contributed by atoms with Crippen LogP contribution in [0.5, 0.6) is 0 Å². The van der Waals surface area contributed by atoms with E-state index in [2.05, 4.69) is 34.3 Å². The molecule has 0 aliphatic carbocycles. The summed E-state index contributed by atoms with van der Waals surface area (Å²) < 4.78 is 14.4. The van der Waals surface area contributed by atoms with E-state index in [4.69, 9.17) is 0 Å². The molecule has 1 aromatic carbocycles. The van der Waals surface area contributed by atoms with Crippen molar-refractivity contribution in [1.29, 1.82) is 0 Å². The van der Waals surface area contributed by atoms with Crippen LogP contribution >= 0.6 is 11.3 Å². The number of aryl methyl sites for hydroxylation is 1. The first-order valence-corrected chi connectivity index (χ1v) is 10.5. The molecule has 2 atom stereocenters. The molecule has 3 heterocycles. The summed E-state index contributed by atoms with van der Waals surface area (Å²) in [6.45, 7) is 5.63. The van der Waals surface area contributed by atoms with E-state index in [9.17, 15) is 9.18 Å². The molecule has 2 aromatic heterocycles. The number of thiophene rings is 1. The number of pyridine rings is 1. The molecule has 0 radical (unpaired) electrons. The van der Waals surface area contributed by atoms with Crippen LogP contribution in [0.2, 0.25) is 0 Å². The average Bonchev–Trinajstić information content (AvgIpc) is 3.08. The predicted octanol–water partition coefficient (Wildman–Crippen LogP) is 4.84. The minimum Gasteiger partial charge on any atom is -0.355 e. The number of benzene rings is 1. The van der Waals surface area contributed by atoms with Gasteiger partial charge in [0.1, 0.15) is 11.6 Å². The molecule has 146 valence electrons. The van der Waals surface area contributed by atoms with Crippen LogP contribution in [-0.4, -0.2) is 24.0 Å². The van der Waals surface area contributed by atoms with Crippen molar-refractivity contribution in [2.45, 2.75) is 32.7 Å². The highest BCUT2D eigenvalue weighted by Crippen LogP contribution is 2.33. The normalized spacial score (nSPS) is 18.2. The molecule has 0 bridgehead atoms. The number of anilines is 1. The molecule has 28 heavy (non-hydrogen) atoms. The summed E-state index contributed by atoms with van der Waals surface area (Å²) in [5.41, 5.74) is 0.905. The van der Waals surface area contributed by atoms with Crippen LogP contribution in [0.4, 0.5) is 10.2 Å². The molecule has 1 saturated heterocycles. The van der Waals surface area contributed by atoms with Gasteiger partial charge in [-0.15, -0.1) is 11.3 Å². The molecular weight excluding hydrogens is 373 g/mol. The number of aromatic nitrogens is 1. The summed E-state index contributed by atoms with van der Waals surface area (Å²) in [5, 5.41) is 4.26. The van der Waals surface area contributed by atoms with Gasteiger partial charge >= 0.3 is 0 Å². The van der Waals surface area contributed by atoms with Gasteiger partial charge in [0.15, 0.2) is 0 Å². The van der Waals surface area contributed by atoms with E-state index >= 15 is 0 Å². The lowest BCUT2D eigenvalue weighted by Crippen LogP contribution is -2.44.